The average Bonchev–Trinajstić information content (AvgIpc) is 3.01. The largest absolute Gasteiger partial charge is 0.477 e. The number of aromatic amines is 1. The Labute approximate surface area is 139 Å². The summed E-state index contributed by atoms with van der Waals surface area (Å²) in [5.41, 5.74) is -1.55. The van der Waals surface area contributed by atoms with Crippen LogP contribution in [0.5, 0.6) is 0 Å². The van der Waals surface area contributed by atoms with Crippen LogP contribution in [-0.2, 0) is 6.54 Å². The van der Waals surface area contributed by atoms with Gasteiger partial charge in [-0.25, -0.2) is 24.0 Å². The highest BCUT2D eigenvalue weighted by Gasteiger charge is 2.16. The number of aromatic nitrogens is 5. The molecule has 0 fully saturated rings. The first-order chi connectivity index (χ1) is 11.9. The third kappa shape index (κ3) is 2.69. The van der Waals surface area contributed by atoms with Crippen molar-refractivity contribution in [2.24, 2.45) is 0 Å². The maximum Gasteiger partial charge on any atom is 0.347 e. The number of benzene rings is 1. The Balaban J connectivity index is 2.17. The predicted octanol–water partition coefficient (Wildman–Crippen LogP) is -0.409. The maximum atomic E-state index is 12.4. The fraction of sp³-hybridized carbons (Fsp3) is 0.133. The molecular formula is C15H13N5O5. The summed E-state index contributed by atoms with van der Waals surface area (Å²) in [5.74, 6) is -1.41. The molecule has 128 valence electrons. The molecule has 2 heterocycles. The first kappa shape index (κ1) is 16.2. The van der Waals surface area contributed by atoms with Gasteiger partial charge >= 0.3 is 17.3 Å². The van der Waals surface area contributed by atoms with Gasteiger partial charge in [-0.3, -0.25) is 13.9 Å². The normalized spacial score (nSPS) is 10.8. The number of aromatic carboxylic acids is 1. The van der Waals surface area contributed by atoms with Crippen LogP contribution >= 0.6 is 0 Å². The van der Waals surface area contributed by atoms with Gasteiger partial charge in [-0.05, 0) is 31.2 Å². The van der Waals surface area contributed by atoms with Crippen LogP contribution in [0.3, 0.4) is 0 Å². The lowest BCUT2D eigenvalue weighted by molar-refractivity contribution is 0.0693. The zero-order valence-electron chi connectivity index (χ0n) is 13.0. The Morgan fingerprint density at radius 3 is 2.20 bits per heavy atom. The summed E-state index contributed by atoms with van der Waals surface area (Å²) in [7, 11) is 0. The first-order valence-electron chi connectivity index (χ1n) is 7.26. The van der Waals surface area contributed by atoms with Crippen LogP contribution in [-0.4, -0.2) is 35.0 Å². The van der Waals surface area contributed by atoms with E-state index in [1.54, 1.807) is 19.1 Å². The molecule has 3 rings (SSSR count). The molecule has 0 amide bonds. The second-order valence-corrected chi connectivity index (χ2v) is 5.10. The summed E-state index contributed by atoms with van der Waals surface area (Å²) in [6, 6.07) is 6.21. The summed E-state index contributed by atoms with van der Waals surface area (Å²) in [6.07, 6.45) is 2.31. The molecule has 10 nitrogen and oxygen atoms in total. The molecule has 0 spiro atoms. The van der Waals surface area contributed by atoms with Gasteiger partial charge in [-0.2, -0.15) is 5.10 Å². The zero-order chi connectivity index (χ0) is 18.1. The number of carboxylic acids is 1. The molecule has 0 radical (unpaired) electrons. The average molecular weight is 343 g/mol. The number of hydrogen-bond donors (Lipinski definition) is 2. The van der Waals surface area contributed by atoms with Crippen molar-refractivity contribution in [3.63, 3.8) is 0 Å². The van der Waals surface area contributed by atoms with Crippen molar-refractivity contribution in [3.05, 3.63) is 73.7 Å². The monoisotopic (exact) mass is 343 g/mol. The topological polar surface area (TPSA) is 132 Å². The van der Waals surface area contributed by atoms with Crippen LogP contribution in [0.4, 0.5) is 0 Å². The molecule has 1 aromatic carbocycles. The lowest BCUT2D eigenvalue weighted by Crippen LogP contribution is -2.41. The van der Waals surface area contributed by atoms with Crippen LogP contribution in [0.1, 0.15) is 17.3 Å². The van der Waals surface area contributed by atoms with Crippen LogP contribution in [0.15, 0.2) is 51.2 Å². The lowest BCUT2D eigenvalue weighted by atomic mass is 10.2. The van der Waals surface area contributed by atoms with Crippen molar-refractivity contribution in [1.82, 2.24) is 23.9 Å². The molecule has 2 N–H and O–H groups in total. The minimum absolute atomic E-state index is 0.0429. The summed E-state index contributed by atoms with van der Waals surface area (Å²) >= 11 is 0. The van der Waals surface area contributed by atoms with Crippen LogP contribution in [0.2, 0.25) is 0 Å². The molecule has 2 aromatic heterocycles. The van der Waals surface area contributed by atoms with Gasteiger partial charge in [0.05, 0.1) is 11.4 Å². The fourth-order valence-electron chi connectivity index (χ4n) is 2.42. The number of hydrogen-bond acceptors (Lipinski definition) is 5. The summed E-state index contributed by atoms with van der Waals surface area (Å²) in [4.78, 5) is 47.2. The molecule has 0 aliphatic carbocycles. The molecular weight excluding hydrogens is 330 g/mol. The third-order valence-corrected chi connectivity index (χ3v) is 3.68. The number of nitrogens with zero attached hydrogens (tertiary/aromatic N) is 4. The summed E-state index contributed by atoms with van der Waals surface area (Å²) in [6.45, 7) is 1.62. The Hall–Kier alpha value is -3.69. The Bertz CT molecular complexity index is 1120. The van der Waals surface area contributed by atoms with Gasteiger partial charge in [-0.1, -0.05) is 0 Å². The lowest BCUT2D eigenvalue weighted by Gasteiger charge is -2.11. The Kier molecular flexibility index (Phi) is 3.93. The second-order valence-electron chi connectivity index (χ2n) is 5.10. The highest BCUT2D eigenvalue weighted by molar-refractivity contribution is 5.86. The quantitative estimate of drug-likeness (QED) is 0.662. The van der Waals surface area contributed by atoms with E-state index in [4.69, 9.17) is 0 Å². The first-order valence-corrected chi connectivity index (χ1v) is 7.26. The zero-order valence-corrected chi connectivity index (χ0v) is 13.0. The van der Waals surface area contributed by atoms with Crippen LogP contribution in [0.25, 0.3) is 11.4 Å². The van der Waals surface area contributed by atoms with E-state index in [1.807, 2.05) is 0 Å². The summed E-state index contributed by atoms with van der Waals surface area (Å²) < 4.78 is 3.19. The fourth-order valence-corrected chi connectivity index (χ4v) is 2.42. The van der Waals surface area contributed by atoms with Crippen LogP contribution < -0.4 is 16.9 Å². The van der Waals surface area contributed by atoms with E-state index in [0.29, 0.717) is 11.4 Å². The molecule has 0 saturated heterocycles. The van der Waals surface area contributed by atoms with Crippen molar-refractivity contribution < 1.29 is 9.90 Å². The molecule has 0 atom stereocenters. The van der Waals surface area contributed by atoms with E-state index >= 15 is 0 Å². The van der Waals surface area contributed by atoms with Gasteiger partial charge in [0.2, 0.25) is 0 Å². The molecule has 0 aliphatic heterocycles. The highest BCUT2D eigenvalue weighted by Crippen LogP contribution is 2.10. The van der Waals surface area contributed by atoms with Crippen molar-refractivity contribution >= 4 is 5.97 Å². The van der Waals surface area contributed by atoms with E-state index in [9.17, 15) is 24.3 Å². The van der Waals surface area contributed by atoms with Crippen molar-refractivity contribution in [2.45, 2.75) is 13.5 Å². The van der Waals surface area contributed by atoms with E-state index in [2.05, 4.69) is 10.2 Å². The minimum atomic E-state index is -1.41. The highest BCUT2D eigenvalue weighted by atomic mass is 16.4. The molecule has 3 aromatic rings. The third-order valence-electron chi connectivity index (χ3n) is 3.68. The van der Waals surface area contributed by atoms with Gasteiger partial charge in [0, 0.05) is 12.7 Å². The van der Waals surface area contributed by atoms with Crippen molar-refractivity contribution in [2.75, 3.05) is 0 Å². The van der Waals surface area contributed by atoms with Gasteiger partial charge in [0.15, 0.2) is 0 Å². The molecule has 0 unspecified atom stereocenters. The number of H-pyrrole nitrogens is 1. The molecule has 0 saturated carbocycles. The molecule has 25 heavy (non-hydrogen) atoms. The molecule has 10 heteroatoms. The second kappa shape index (κ2) is 6.07. The standard InChI is InChI=1S/C15H13N5O5/c1-2-18-12(21)11(13(22)23)7-19(15(18)25)9-3-5-10(6-4-9)20-8-16-17-14(20)24/h3-8H,2H2,1H3,(H,17,24)(H,22,23). The van der Waals surface area contributed by atoms with Gasteiger partial charge in [0.25, 0.3) is 5.56 Å². The number of carboxylic acid groups (broad SMARTS) is 1. The predicted molar refractivity (Wildman–Crippen MR) is 86.7 cm³/mol. The maximum absolute atomic E-state index is 12.4. The number of nitrogens with one attached hydrogen (secondary N) is 1. The van der Waals surface area contributed by atoms with Crippen molar-refractivity contribution in [1.29, 1.82) is 0 Å². The summed E-state index contributed by atoms with van der Waals surface area (Å²) in [5, 5.41) is 15.1. The van der Waals surface area contributed by atoms with Gasteiger partial charge < -0.3 is 5.11 Å². The van der Waals surface area contributed by atoms with Gasteiger partial charge in [-0.15, -0.1) is 0 Å². The molecule has 0 aliphatic rings. The van der Waals surface area contributed by atoms with E-state index in [1.165, 1.54) is 23.0 Å². The Morgan fingerprint density at radius 2 is 1.72 bits per heavy atom. The van der Waals surface area contributed by atoms with E-state index in [0.717, 1.165) is 15.3 Å². The minimum Gasteiger partial charge on any atom is -0.477 e. The van der Waals surface area contributed by atoms with E-state index in [-0.39, 0.29) is 6.54 Å². The van der Waals surface area contributed by atoms with E-state index < -0.39 is 28.5 Å². The SMILES string of the molecule is CCn1c(=O)c(C(=O)O)cn(-c2ccc(-n3cn[nH]c3=O)cc2)c1=O. The van der Waals surface area contributed by atoms with Gasteiger partial charge in [0.1, 0.15) is 11.9 Å². The molecule has 0 bridgehead atoms. The smallest absolute Gasteiger partial charge is 0.347 e. The number of rotatable bonds is 4. The Morgan fingerprint density at radius 1 is 1.12 bits per heavy atom. The number of carbonyl (C=O) groups is 1. The van der Waals surface area contributed by atoms with Crippen molar-refractivity contribution in [3.8, 4) is 11.4 Å². The van der Waals surface area contributed by atoms with Crippen LogP contribution in [0, 0.1) is 0 Å².